The minimum absolute atomic E-state index is 0.129. The number of aromatic nitrogens is 1. The van der Waals surface area contributed by atoms with Gasteiger partial charge in [-0.15, -0.1) is 0 Å². The summed E-state index contributed by atoms with van der Waals surface area (Å²) in [4.78, 5) is 0. The van der Waals surface area contributed by atoms with E-state index in [2.05, 4.69) is 12.2 Å². The molecule has 1 aromatic heterocycles. The maximum absolute atomic E-state index is 13.8. The average molecular weight is 290 g/mol. The molecule has 1 aliphatic carbocycles. The summed E-state index contributed by atoms with van der Waals surface area (Å²) in [7, 11) is 0. The van der Waals surface area contributed by atoms with Crippen molar-refractivity contribution in [2.24, 2.45) is 0 Å². The molecule has 0 saturated carbocycles. The summed E-state index contributed by atoms with van der Waals surface area (Å²) in [6.45, 7) is 3.27. The van der Waals surface area contributed by atoms with Crippen molar-refractivity contribution in [3.05, 3.63) is 58.9 Å². The van der Waals surface area contributed by atoms with Gasteiger partial charge in [0.25, 0.3) is 0 Å². The second-order valence-corrected chi connectivity index (χ2v) is 5.61. The molecule has 0 bridgehead atoms. The minimum Gasteiger partial charge on any atom is -0.349 e. The Bertz CT molecular complexity index is 613. The van der Waals surface area contributed by atoms with Crippen molar-refractivity contribution in [2.45, 2.75) is 38.8 Å². The fourth-order valence-electron chi connectivity index (χ4n) is 3.16. The van der Waals surface area contributed by atoms with Gasteiger partial charge in [0.15, 0.2) is 0 Å². The van der Waals surface area contributed by atoms with Gasteiger partial charge in [-0.25, -0.2) is 8.78 Å². The Kier molecular flexibility index (Phi) is 4.06. The number of hydrogen-bond acceptors (Lipinski definition) is 1. The molecule has 1 unspecified atom stereocenters. The van der Waals surface area contributed by atoms with Crippen LogP contribution in [0.15, 0.2) is 30.6 Å². The van der Waals surface area contributed by atoms with Crippen LogP contribution in [0.2, 0.25) is 0 Å². The topological polar surface area (TPSA) is 17.0 Å². The predicted molar refractivity (Wildman–Crippen MR) is 79.2 cm³/mol. The zero-order valence-corrected chi connectivity index (χ0v) is 12.2. The Morgan fingerprint density at radius 1 is 1.24 bits per heavy atom. The minimum atomic E-state index is -0.482. The van der Waals surface area contributed by atoms with Crippen LogP contribution in [0, 0.1) is 11.6 Å². The Morgan fingerprint density at radius 2 is 2.00 bits per heavy atom. The molecule has 21 heavy (non-hydrogen) atoms. The fourth-order valence-corrected chi connectivity index (χ4v) is 3.16. The van der Waals surface area contributed by atoms with E-state index >= 15 is 0 Å². The summed E-state index contributed by atoms with van der Waals surface area (Å²) in [6, 6.07) is 4.38. The maximum atomic E-state index is 13.8. The van der Waals surface area contributed by atoms with Crippen molar-refractivity contribution in [3.63, 3.8) is 0 Å². The molecule has 1 atom stereocenters. The van der Waals surface area contributed by atoms with Gasteiger partial charge < -0.3 is 9.88 Å². The third-order valence-electron chi connectivity index (χ3n) is 4.16. The molecule has 0 radical (unpaired) electrons. The van der Waals surface area contributed by atoms with E-state index in [0.717, 1.165) is 25.8 Å². The fraction of sp³-hybridized carbons (Fsp3) is 0.412. The summed E-state index contributed by atoms with van der Waals surface area (Å²) < 4.78 is 29.4. The Hall–Kier alpha value is -1.68. The molecule has 2 nitrogen and oxygen atoms in total. The standard InChI is InChI=1S/C17H20F2N2/c1-2-20-17-8-3-5-12-9-21(10-13(12)17)11-14-15(18)6-4-7-16(14)19/h4,6-7,9-10,17,20H,2-3,5,8,11H2,1H3. The van der Waals surface area contributed by atoms with Crippen LogP contribution >= 0.6 is 0 Å². The van der Waals surface area contributed by atoms with Gasteiger partial charge in [-0.3, -0.25) is 0 Å². The number of halogens is 2. The second kappa shape index (κ2) is 5.98. The smallest absolute Gasteiger partial charge is 0.131 e. The van der Waals surface area contributed by atoms with E-state index in [9.17, 15) is 8.78 Å². The van der Waals surface area contributed by atoms with Crippen LogP contribution in [0.1, 0.15) is 42.5 Å². The number of fused-ring (bicyclic) bond motifs is 1. The molecule has 0 spiro atoms. The van der Waals surface area contributed by atoms with E-state index in [1.165, 1.54) is 29.3 Å². The number of hydrogen-bond donors (Lipinski definition) is 1. The third-order valence-corrected chi connectivity index (χ3v) is 4.16. The Morgan fingerprint density at radius 3 is 2.71 bits per heavy atom. The SMILES string of the molecule is CCNC1CCCc2cn(Cc3c(F)cccc3F)cc21. The second-order valence-electron chi connectivity index (χ2n) is 5.61. The van der Waals surface area contributed by atoms with E-state index in [1.807, 2.05) is 17.0 Å². The lowest BCUT2D eigenvalue weighted by Crippen LogP contribution is -2.23. The molecule has 1 aromatic carbocycles. The number of nitrogens with one attached hydrogen (secondary N) is 1. The molecule has 1 aliphatic rings. The van der Waals surface area contributed by atoms with Crippen molar-refractivity contribution >= 4 is 0 Å². The van der Waals surface area contributed by atoms with Crippen LogP contribution in [0.3, 0.4) is 0 Å². The van der Waals surface area contributed by atoms with Crippen LogP contribution in [0.5, 0.6) is 0 Å². The summed E-state index contributed by atoms with van der Waals surface area (Å²) in [5.41, 5.74) is 2.70. The van der Waals surface area contributed by atoms with Crippen molar-refractivity contribution in [2.75, 3.05) is 6.54 Å². The van der Waals surface area contributed by atoms with Gasteiger partial charge in [-0.05, 0) is 49.1 Å². The first-order valence-electron chi connectivity index (χ1n) is 7.54. The molecule has 3 rings (SSSR count). The molecular weight excluding hydrogens is 270 g/mol. The molecule has 0 amide bonds. The summed E-state index contributed by atoms with van der Waals surface area (Å²) in [5, 5.41) is 3.48. The van der Waals surface area contributed by atoms with Gasteiger partial charge in [0, 0.05) is 24.0 Å². The monoisotopic (exact) mass is 290 g/mol. The molecule has 0 fully saturated rings. The number of aryl methyl sites for hydroxylation is 1. The van der Waals surface area contributed by atoms with Crippen LogP contribution in [-0.2, 0) is 13.0 Å². The zero-order valence-electron chi connectivity index (χ0n) is 12.2. The summed E-state index contributed by atoms with van der Waals surface area (Å²) in [5.74, 6) is -0.963. The van der Waals surface area contributed by atoms with Gasteiger partial charge >= 0.3 is 0 Å². The van der Waals surface area contributed by atoms with Gasteiger partial charge in [-0.2, -0.15) is 0 Å². The van der Waals surface area contributed by atoms with Crippen molar-refractivity contribution in [1.82, 2.24) is 9.88 Å². The lowest BCUT2D eigenvalue weighted by Gasteiger charge is -2.22. The summed E-state index contributed by atoms with van der Waals surface area (Å²) >= 11 is 0. The highest BCUT2D eigenvalue weighted by molar-refractivity contribution is 5.31. The van der Waals surface area contributed by atoms with Crippen LogP contribution < -0.4 is 5.32 Å². The quantitative estimate of drug-likeness (QED) is 0.906. The van der Waals surface area contributed by atoms with E-state index in [-0.39, 0.29) is 12.1 Å². The van der Waals surface area contributed by atoms with Crippen LogP contribution in [0.4, 0.5) is 8.78 Å². The highest BCUT2D eigenvalue weighted by atomic mass is 19.1. The van der Waals surface area contributed by atoms with Crippen molar-refractivity contribution in [3.8, 4) is 0 Å². The van der Waals surface area contributed by atoms with Gasteiger partial charge in [0.05, 0.1) is 6.54 Å². The first-order chi connectivity index (χ1) is 10.2. The first-order valence-corrected chi connectivity index (χ1v) is 7.54. The molecule has 112 valence electrons. The molecule has 2 aromatic rings. The van der Waals surface area contributed by atoms with Gasteiger partial charge in [0.1, 0.15) is 11.6 Å². The molecular formula is C17H20F2N2. The van der Waals surface area contributed by atoms with Crippen molar-refractivity contribution < 1.29 is 8.78 Å². The van der Waals surface area contributed by atoms with Crippen LogP contribution in [-0.4, -0.2) is 11.1 Å². The van der Waals surface area contributed by atoms with Crippen molar-refractivity contribution in [1.29, 1.82) is 0 Å². The van der Waals surface area contributed by atoms with Gasteiger partial charge in [0.2, 0.25) is 0 Å². The molecule has 1 N–H and O–H groups in total. The Balaban J connectivity index is 1.88. The highest BCUT2D eigenvalue weighted by Crippen LogP contribution is 2.30. The molecule has 0 aliphatic heterocycles. The molecule has 1 heterocycles. The van der Waals surface area contributed by atoms with E-state index < -0.39 is 11.6 Å². The number of rotatable bonds is 4. The van der Waals surface area contributed by atoms with Gasteiger partial charge in [-0.1, -0.05) is 13.0 Å². The average Bonchev–Trinajstić information content (AvgIpc) is 2.87. The largest absolute Gasteiger partial charge is 0.349 e. The molecule has 0 saturated heterocycles. The van der Waals surface area contributed by atoms with E-state index in [0.29, 0.717) is 6.04 Å². The maximum Gasteiger partial charge on any atom is 0.131 e. The summed E-state index contributed by atoms with van der Waals surface area (Å²) in [6.07, 6.45) is 7.39. The highest BCUT2D eigenvalue weighted by Gasteiger charge is 2.21. The predicted octanol–water partition coefficient (Wildman–Crippen LogP) is 3.80. The normalized spacial score (nSPS) is 17.8. The van der Waals surface area contributed by atoms with E-state index in [1.54, 1.807) is 0 Å². The zero-order chi connectivity index (χ0) is 14.8. The van der Waals surface area contributed by atoms with E-state index in [4.69, 9.17) is 0 Å². The lowest BCUT2D eigenvalue weighted by molar-refractivity contribution is 0.473. The lowest BCUT2D eigenvalue weighted by atomic mass is 9.91. The van der Waals surface area contributed by atoms with Crippen LogP contribution in [0.25, 0.3) is 0 Å². The number of benzene rings is 1. The third kappa shape index (κ3) is 2.86. The Labute approximate surface area is 123 Å². The number of nitrogens with zero attached hydrogens (tertiary/aromatic N) is 1. The first kappa shape index (κ1) is 14.3. The molecule has 4 heteroatoms.